The van der Waals surface area contributed by atoms with Crippen LogP contribution in [-0.2, 0) is 19.1 Å². The Morgan fingerprint density at radius 3 is 2.28 bits per heavy atom. The normalized spacial score (nSPS) is 14.1. The number of esters is 1. The number of nitrogens with one attached hydrogen (secondary N) is 1. The van der Waals surface area contributed by atoms with E-state index in [9.17, 15) is 9.59 Å². The molecule has 3 N–H and O–H groups in total. The highest BCUT2D eigenvalue weighted by atomic mass is 16.5. The molecule has 0 aliphatic rings. The highest BCUT2D eigenvalue weighted by Gasteiger charge is 2.23. The summed E-state index contributed by atoms with van der Waals surface area (Å²) in [5.41, 5.74) is 5.43. The number of ether oxygens (including phenoxy) is 2. The van der Waals surface area contributed by atoms with E-state index >= 15 is 0 Å². The van der Waals surface area contributed by atoms with E-state index in [1.54, 1.807) is 0 Å². The minimum atomic E-state index is -0.613. The molecule has 0 aliphatic carbocycles. The van der Waals surface area contributed by atoms with E-state index in [0.29, 0.717) is 6.42 Å². The van der Waals surface area contributed by atoms with Crippen molar-refractivity contribution in [3.8, 4) is 0 Å². The smallest absolute Gasteiger partial charge is 0.328 e. The summed E-state index contributed by atoms with van der Waals surface area (Å²) in [5.74, 6) is -0.413. The van der Waals surface area contributed by atoms with E-state index in [0.717, 1.165) is 0 Å². The predicted molar refractivity (Wildman–Crippen MR) is 67.9 cm³/mol. The zero-order valence-corrected chi connectivity index (χ0v) is 11.6. The Labute approximate surface area is 108 Å². The van der Waals surface area contributed by atoms with Gasteiger partial charge >= 0.3 is 5.97 Å². The molecule has 0 fully saturated rings. The first-order valence-electron chi connectivity index (χ1n) is 6.04. The second-order valence-electron chi connectivity index (χ2n) is 4.57. The average molecular weight is 260 g/mol. The summed E-state index contributed by atoms with van der Waals surface area (Å²) < 4.78 is 9.68. The quantitative estimate of drug-likeness (QED) is 0.602. The molecule has 106 valence electrons. The van der Waals surface area contributed by atoms with E-state index in [4.69, 9.17) is 10.5 Å². The van der Waals surface area contributed by atoms with Crippen molar-refractivity contribution >= 4 is 11.9 Å². The standard InChI is InChI=1S/C12H24N2O4/c1-8(2)5-10(12(16)18-4)14-11(15)6-9(7-13)17-3/h8-10H,5-7,13H2,1-4H3,(H,14,15)/t9?,10-/m0/s1. The zero-order valence-electron chi connectivity index (χ0n) is 11.6. The number of methoxy groups -OCH3 is 2. The zero-order chi connectivity index (χ0) is 14.1. The number of amides is 1. The highest BCUT2D eigenvalue weighted by Crippen LogP contribution is 2.07. The molecule has 0 aromatic rings. The fourth-order valence-electron chi connectivity index (χ4n) is 1.55. The first-order valence-corrected chi connectivity index (χ1v) is 6.04. The van der Waals surface area contributed by atoms with E-state index in [1.165, 1.54) is 14.2 Å². The van der Waals surface area contributed by atoms with Gasteiger partial charge in [-0.2, -0.15) is 0 Å². The fraction of sp³-hybridized carbons (Fsp3) is 0.833. The molecule has 0 radical (unpaired) electrons. The summed E-state index contributed by atoms with van der Waals surface area (Å²) >= 11 is 0. The summed E-state index contributed by atoms with van der Waals surface area (Å²) in [6.07, 6.45) is 0.347. The van der Waals surface area contributed by atoms with Gasteiger partial charge in [0.2, 0.25) is 5.91 Å². The molecule has 0 aromatic carbocycles. The van der Waals surface area contributed by atoms with Gasteiger partial charge in [0, 0.05) is 13.7 Å². The van der Waals surface area contributed by atoms with Crippen LogP contribution >= 0.6 is 0 Å². The number of carbonyl (C=O) groups excluding carboxylic acids is 2. The molecule has 6 heteroatoms. The lowest BCUT2D eigenvalue weighted by Crippen LogP contribution is -2.44. The molecule has 2 atom stereocenters. The van der Waals surface area contributed by atoms with Crippen LogP contribution in [0.4, 0.5) is 0 Å². The van der Waals surface area contributed by atoms with Crippen LogP contribution in [0.15, 0.2) is 0 Å². The molecule has 0 aromatic heterocycles. The maximum Gasteiger partial charge on any atom is 0.328 e. The van der Waals surface area contributed by atoms with Gasteiger partial charge < -0.3 is 20.5 Å². The van der Waals surface area contributed by atoms with Crippen molar-refractivity contribution in [3.05, 3.63) is 0 Å². The van der Waals surface area contributed by atoms with Crippen molar-refractivity contribution in [2.45, 2.75) is 38.8 Å². The Morgan fingerprint density at radius 2 is 1.89 bits per heavy atom. The van der Waals surface area contributed by atoms with Gasteiger partial charge in [-0.1, -0.05) is 13.8 Å². The van der Waals surface area contributed by atoms with Crippen molar-refractivity contribution in [2.24, 2.45) is 11.7 Å². The minimum Gasteiger partial charge on any atom is -0.467 e. The van der Waals surface area contributed by atoms with E-state index in [-0.39, 0.29) is 30.9 Å². The lowest BCUT2D eigenvalue weighted by atomic mass is 10.0. The minimum absolute atomic E-state index is 0.137. The van der Waals surface area contributed by atoms with E-state index in [2.05, 4.69) is 10.1 Å². The molecule has 0 aliphatic heterocycles. The van der Waals surface area contributed by atoms with Crippen molar-refractivity contribution in [2.75, 3.05) is 20.8 Å². The van der Waals surface area contributed by atoms with E-state index in [1.807, 2.05) is 13.8 Å². The first-order chi connectivity index (χ1) is 8.44. The van der Waals surface area contributed by atoms with Crippen LogP contribution in [0.5, 0.6) is 0 Å². The number of hydrogen-bond acceptors (Lipinski definition) is 5. The van der Waals surface area contributed by atoms with Gasteiger partial charge in [-0.3, -0.25) is 4.79 Å². The van der Waals surface area contributed by atoms with Crippen LogP contribution in [0, 0.1) is 5.92 Å². The van der Waals surface area contributed by atoms with E-state index < -0.39 is 12.0 Å². The number of hydrogen-bond donors (Lipinski definition) is 2. The molecular weight excluding hydrogens is 236 g/mol. The molecule has 0 rings (SSSR count). The molecule has 0 saturated carbocycles. The van der Waals surface area contributed by atoms with Crippen molar-refractivity contribution < 1.29 is 19.1 Å². The Bertz CT molecular complexity index is 265. The highest BCUT2D eigenvalue weighted by molar-refractivity contribution is 5.84. The molecular formula is C12H24N2O4. The van der Waals surface area contributed by atoms with Crippen LogP contribution in [0.1, 0.15) is 26.7 Å². The SMILES string of the molecule is COC(=O)[C@H](CC(C)C)NC(=O)CC(CN)OC. The second kappa shape index (κ2) is 8.88. The summed E-state index contributed by atoms with van der Waals surface area (Å²) in [7, 11) is 2.80. The second-order valence-corrected chi connectivity index (χ2v) is 4.57. The lowest BCUT2D eigenvalue weighted by molar-refractivity contribution is -0.145. The Kier molecular flexibility index (Phi) is 8.32. The first kappa shape index (κ1) is 16.9. The largest absolute Gasteiger partial charge is 0.467 e. The lowest BCUT2D eigenvalue weighted by Gasteiger charge is -2.19. The maximum atomic E-state index is 11.7. The summed E-state index contributed by atoms with van der Waals surface area (Å²) in [5, 5.41) is 2.65. The number of carbonyl (C=O) groups is 2. The molecule has 0 bridgehead atoms. The average Bonchev–Trinajstić information content (AvgIpc) is 2.33. The molecule has 6 nitrogen and oxygen atoms in total. The van der Waals surface area contributed by atoms with Crippen LogP contribution in [0.25, 0.3) is 0 Å². The Hall–Kier alpha value is -1.14. The van der Waals surface area contributed by atoms with Gasteiger partial charge in [0.1, 0.15) is 6.04 Å². The number of rotatable bonds is 8. The predicted octanol–water partition coefficient (Wildman–Crippen LogP) is 0.0541. The third-order valence-electron chi connectivity index (χ3n) is 2.54. The molecule has 0 heterocycles. The monoisotopic (exact) mass is 260 g/mol. The van der Waals surface area contributed by atoms with Crippen LogP contribution < -0.4 is 11.1 Å². The third kappa shape index (κ3) is 6.56. The third-order valence-corrected chi connectivity index (χ3v) is 2.54. The van der Waals surface area contributed by atoms with Crippen molar-refractivity contribution in [1.82, 2.24) is 5.32 Å². The van der Waals surface area contributed by atoms with Gasteiger partial charge in [0.05, 0.1) is 19.6 Å². The van der Waals surface area contributed by atoms with Crippen LogP contribution in [0.2, 0.25) is 0 Å². The van der Waals surface area contributed by atoms with Crippen LogP contribution in [0.3, 0.4) is 0 Å². The number of nitrogens with two attached hydrogens (primary N) is 1. The van der Waals surface area contributed by atoms with Gasteiger partial charge in [0.25, 0.3) is 0 Å². The maximum absolute atomic E-state index is 11.7. The van der Waals surface area contributed by atoms with Crippen LogP contribution in [-0.4, -0.2) is 44.8 Å². The summed E-state index contributed by atoms with van der Waals surface area (Å²) in [6, 6.07) is -0.613. The summed E-state index contributed by atoms with van der Waals surface area (Å²) in [4.78, 5) is 23.2. The molecule has 1 amide bonds. The topological polar surface area (TPSA) is 90.7 Å². The van der Waals surface area contributed by atoms with Gasteiger partial charge in [0.15, 0.2) is 0 Å². The van der Waals surface area contributed by atoms with Gasteiger partial charge in [-0.05, 0) is 12.3 Å². The fourth-order valence-corrected chi connectivity index (χ4v) is 1.55. The van der Waals surface area contributed by atoms with Gasteiger partial charge in [-0.15, -0.1) is 0 Å². The molecule has 0 saturated heterocycles. The molecule has 18 heavy (non-hydrogen) atoms. The Morgan fingerprint density at radius 1 is 1.28 bits per heavy atom. The van der Waals surface area contributed by atoms with Crippen molar-refractivity contribution in [1.29, 1.82) is 0 Å². The summed E-state index contributed by atoms with van der Waals surface area (Å²) in [6.45, 7) is 4.21. The molecule has 0 spiro atoms. The van der Waals surface area contributed by atoms with Crippen molar-refractivity contribution in [3.63, 3.8) is 0 Å². The molecule has 1 unspecified atom stereocenters. The Balaban J connectivity index is 4.38. The van der Waals surface area contributed by atoms with Gasteiger partial charge in [-0.25, -0.2) is 4.79 Å².